The van der Waals surface area contributed by atoms with E-state index < -0.39 is 58.2 Å². The van der Waals surface area contributed by atoms with Crippen molar-refractivity contribution in [2.45, 2.75) is 18.3 Å². The van der Waals surface area contributed by atoms with Gasteiger partial charge in [0, 0.05) is 23.9 Å². The molecule has 9 nitrogen and oxygen atoms in total. The Morgan fingerprint density at radius 2 is 1.74 bits per heavy atom. The van der Waals surface area contributed by atoms with Crippen LogP contribution in [0.4, 0.5) is 24.5 Å². The molecule has 3 heterocycles. The second kappa shape index (κ2) is 7.86. The lowest BCUT2D eigenvalue weighted by atomic mass is 9.86. The Kier molecular flexibility index (Phi) is 5.04. The zero-order valence-corrected chi connectivity index (χ0v) is 17.6. The van der Waals surface area contributed by atoms with Crippen molar-refractivity contribution in [2.75, 3.05) is 4.90 Å². The molecule has 0 unspecified atom stereocenters. The third-order valence-corrected chi connectivity index (χ3v) is 6.33. The molecule has 178 valence electrons. The van der Waals surface area contributed by atoms with E-state index in [1.165, 1.54) is 35.5 Å². The maximum absolute atomic E-state index is 13.5. The van der Waals surface area contributed by atoms with Gasteiger partial charge in [-0.15, -0.1) is 0 Å². The number of carbonyl (C=O) groups is 3. The fourth-order valence-electron chi connectivity index (χ4n) is 4.86. The van der Waals surface area contributed by atoms with E-state index in [2.05, 4.69) is 5.10 Å². The molecule has 0 saturated carbocycles. The predicted octanol–water partition coefficient (Wildman–Crippen LogP) is 3.21. The first-order valence-corrected chi connectivity index (χ1v) is 10.4. The van der Waals surface area contributed by atoms with E-state index in [1.54, 1.807) is 12.2 Å². The zero-order valence-electron chi connectivity index (χ0n) is 17.6. The molecule has 0 aromatic heterocycles. The number of imide groups is 1. The first-order valence-electron chi connectivity index (χ1n) is 10.4. The number of non-ortho nitro benzene ring substituents is 1. The number of fused-ring (bicyclic) bond motifs is 3. The van der Waals surface area contributed by atoms with E-state index in [-0.39, 0.29) is 16.9 Å². The number of allylic oxidation sites excluding steroid dienone is 1. The van der Waals surface area contributed by atoms with Crippen LogP contribution < -0.4 is 4.90 Å². The SMILES string of the molecule is O=C(c1cccc([N+](=O)[O-])c1)[C@H]1[C@H]2C(=O)N(c3cccc(C(F)(F)F)c3)C(=O)[C@@H]2[C@H]2C=CC=NN21. The Bertz CT molecular complexity index is 1340. The van der Waals surface area contributed by atoms with Crippen molar-refractivity contribution in [3.8, 4) is 0 Å². The molecule has 5 rings (SSSR count). The van der Waals surface area contributed by atoms with Crippen LogP contribution in [0.1, 0.15) is 15.9 Å². The number of alkyl halides is 3. The van der Waals surface area contributed by atoms with Gasteiger partial charge in [0.25, 0.3) is 5.69 Å². The standard InChI is InChI=1S/C23H15F3N4O5/c24-23(25,26)13-5-2-6-14(11-13)28-21(32)17-16-8-3-9-27-29(16)19(18(17)22(28)33)20(31)12-4-1-7-15(10-12)30(34)35/h1-11,16-19H/t16-,17-,18+,19-/m1/s1. The van der Waals surface area contributed by atoms with Crippen molar-refractivity contribution in [3.63, 3.8) is 0 Å². The number of hydrogen-bond acceptors (Lipinski definition) is 7. The number of Topliss-reactive ketones (excluding diaryl/α,β-unsaturated/α-hetero) is 1. The average Bonchev–Trinajstić information content (AvgIpc) is 3.30. The smallest absolute Gasteiger partial charge is 0.292 e. The van der Waals surface area contributed by atoms with Gasteiger partial charge in [0.2, 0.25) is 11.8 Å². The minimum absolute atomic E-state index is 0.0499. The molecule has 0 spiro atoms. The largest absolute Gasteiger partial charge is 0.416 e. The zero-order chi connectivity index (χ0) is 25.1. The lowest BCUT2D eigenvalue weighted by Gasteiger charge is -2.30. The summed E-state index contributed by atoms with van der Waals surface area (Å²) in [5.74, 6) is -4.55. The Labute approximate surface area is 195 Å². The first kappa shape index (κ1) is 22.4. The summed E-state index contributed by atoms with van der Waals surface area (Å²) < 4.78 is 39.7. The van der Waals surface area contributed by atoms with Crippen LogP contribution in [0.25, 0.3) is 0 Å². The number of carbonyl (C=O) groups excluding carboxylic acids is 3. The number of benzene rings is 2. The lowest BCUT2D eigenvalue weighted by Crippen LogP contribution is -2.46. The second-order valence-corrected chi connectivity index (χ2v) is 8.25. The number of hydrogen-bond donors (Lipinski definition) is 0. The number of anilines is 1. The molecule has 2 aromatic rings. The highest BCUT2D eigenvalue weighted by atomic mass is 19.4. The average molecular weight is 484 g/mol. The topological polar surface area (TPSA) is 113 Å². The van der Waals surface area contributed by atoms with Gasteiger partial charge in [-0.3, -0.25) is 29.5 Å². The minimum Gasteiger partial charge on any atom is -0.292 e. The molecular weight excluding hydrogens is 469 g/mol. The van der Waals surface area contributed by atoms with Crippen LogP contribution in [0, 0.1) is 22.0 Å². The van der Waals surface area contributed by atoms with Crippen LogP contribution in [0.5, 0.6) is 0 Å². The number of amides is 2. The van der Waals surface area contributed by atoms with E-state index in [0.29, 0.717) is 11.0 Å². The molecule has 2 amide bonds. The van der Waals surface area contributed by atoms with Crippen LogP contribution in [-0.2, 0) is 15.8 Å². The van der Waals surface area contributed by atoms with Gasteiger partial charge in [0.15, 0.2) is 5.78 Å². The van der Waals surface area contributed by atoms with Crippen molar-refractivity contribution in [3.05, 3.63) is 81.9 Å². The maximum Gasteiger partial charge on any atom is 0.416 e. The highest BCUT2D eigenvalue weighted by Crippen LogP contribution is 2.46. The number of rotatable bonds is 4. The van der Waals surface area contributed by atoms with Gasteiger partial charge in [-0.2, -0.15) is 18.3 Å². The van der Waals surface area contributed by atoms with E-state index in [0.717, 1.165) is 18.2 Å². The lowest BCUT2D eigenvalue weighted by molar-refractivity contribution is -0.384. The van der Waals surface area contributed by atoms with E-state index in [1.807, 2.05) is 0 Å². The summed E-state index contributed by atoms with van der Waals surface area (Å²) in [6.07, 6.45) is -0.171. The molecule has 35 heavy (non-hydrogen) atoms. The van der Waals surface area contributed by atoms with Gasteiger partial charge < -0.3 is 0 Å². The molecule has 0 bridgehead atoms. The number of nitrogens with zero attached hydrogens (tertiary/aromatic N) is 4. The minimum atomic E-state index is -4.68. The predicted molar refractivity (Wildman–Crippen MR) is 115 cm³/mol. The van der Waals surface area contributed by atoms with Crippen molar-refractivity contribution in [1.29, 1.82) is 0 Å². The summed E-state index contributed by atoms with van der Waals surface area (Å²) in [6, 6.07) is 6.73. The van der Waals surface area contributed by atoms with Crippen molar-refractivity contribution in [1.82, 2.24) is 5.01 Å². The normalized spacial score (nSPS) is 25.1. The summed E-state index contributed by atoms with van der Waals surface area (Å²) in [6.45, 7) is 0. The van der Waals surface area contributed by atoms with Gasteiger partial charge >= 0.3 is 6.18 Å². The Hall–Kier alpha value is -4.35. The fourth-order valence-corrected chi connectivity index (χ4v) is 4.86. The van der Waals surface area contributed by atoms with Crippen molar-refractivity contribution < 1.29 is 32.5 Å². The van der Waals surface area contributed by atoms with Crippen molar-refractivity contribution >= 4 is 35.2 Å². The van der Waals surface area contributed by atoms with Gasteiger partial charge in [0.05, 0.1) is 34.1 Å². The quantitative estimate of drug-likeness (QED) is 0.285. The molecule has 2 aromatic carbocycles. The monoisotopic (exact) mass is 484 g/mol. The third kappa shape index (κ3) is 3.49. The molecule has 3 aliphatic rings. The Morgan fingerprint density at radius 1 is 1.03 bits per heavy atom. The molecule has 2 fully saturated rings. The molecular formula is C23H15F3N4O5. The summed E-state index contributed by atoms with van der Waals surface area (Å²) in [5.41, 5.74) is -1.66. The van der Waals surface area contributed by atoms with Crippen LogP contribution in [0.15, 0.2) is 65.8 Å². The van der Waals surface area contributed by atoms with Crippen LogP contribution in [-0.4, -0.2) is 45.8 Å². The molecule has 3 aliphatic heterocycles. The highest BCUT2D eigenvalue weighted by Gasteiger charge is 2.64. The molecule has 12 heteroatoms. The number of ketones is 1. The maximum atomic E-state index is 13.5. The highest BCUT2D eigenvalue weighted by molar-refractivity contribution is 6.24. The van der Waals surface area contributed by atoms with Crippen LogP contribution in [0.2, 0.25) is 0 Å². The van der Waals surface area contributed by atoms with Gasteiger partial charge in [-0.05, 0) is 24.3 Å². The van der Waals surface area contributed by atoms with E-state index >= 15 is 0 Å². The summed E-state index contributed by atoms with van der Waals surface area (Å²) in [4.78, 5) is 51.5. The summed E-state index contributed by atoms with van der Waals surface area (Å²) in [7, 11) is 0. The molecule has 4 atom stereocenters. The van der Waals surface area contributed by atoms with Crippen LogP contribution >= 0.6 is 0 Å². The Morgan fingerprint density at radius 3 is 2.46 bits per heavy atom. The number of nitro groups is 1. The van der Waals surface area contributed by atoms with E-state index in [4.69, 9.17) is 0 Å². The Balaban J connectivity index is 1.57. The second-order valence-electron chi connectivity index (χ2n) is 8.25. The molecule has 0 N–H and O–H groups in total. The molecule has 2 saturated heterocycles. The van der Waals surface area contributed by atoms with E-state index in [9.17, 15) is 37.7 Å². The first-order chi connectivity index (χ1) is 16.6. The number of halogens is 3. The summed E-state index contributed by atoms with van der Waals surface area (Å²) >= 11 is 0. The number of nitro benzene ring substituents is 1. The fraction of sp³-hybridized carbons (Fsp3) is 0.217. The van der Waals surface area contributed by atoms with Gasteiger partial charge in [-0.25, -0.2) is 4.90 Å². The third-order valence-electron chi connectivity index (χ3n) is 6.33. The van der Waals surface area contributed by atoms with Crippen LogP contribution in [0.3, 0.4) is 0 Å². The summed E-state index contributed by atoms with van der Waals surface area (Å²) in [5, 5.41) is 16.6. The molecule has 0 radical (unpaired) electrons. The number of hydrazone groups is 1. The van der Waals surface area contributed by atoms with Crippen molar-refractivity contribution in [2.24, 2.45) is 16.9 Å². The van der Waals surface area contributed by atoms with Gasteiger partial charge in [0.1, 0.15) is 6.04 Å². The molecule has 0 aliphatic carbocycles. The van der Waals surface area contributed by atoms with Gasteiger partial charge in [-0.1, -0.05) is 24.3 Å².